The lowest BCUT2D eigenvalue weighted by Gasteiger charge is -2.17. The Hall–Kier alpha value is -1.55. The molecule has 3 rings (SSSR count). The highest BCUT2D eigenvalue weighted by Gasteiger charge is 2.27. The summed E-state index contributed by atoms with van der Waals surface area (Å²) in [4.78, 5) is 12.3. The first kappa shape index (κ1) is 15.3. The molecule has 0 fully saturated rings. The fourth-order valence-corrected chi connectivity index (χ4v) is 3.08. The monoisotopic (exact) mass is 335 g/mol. The predicted octanol–water partition coefficient (Wildman–Crippen LogP) is 3.83. The first-order chi connectivity index (χ1) is 10.5. The molecule has 2 N–H and O–H groups in total. The Morgan fingerprint density at radius 3 is 2.55 bits per heavy atom. The first-order valence-electron chi connectivity index (χ1n) is 7.07. The third-order valence-electron chi connectivity index (χ3n) is 3.94. The van der Waals surface area contributed by atoms with Gasteiger partial charge in [-0.1, -0.05) is 41.4 Å². The molecular weight excluding hydrogens is 321 g/mol. The number of carbonyl (C=O) groups is 1. The summed E-state index contributed by atoms with van der Waals surface area (Å²) in [6, 6.07) is 12.2. The molecule has 0 radical (unpaired) electrons. The number of halogens is 2. The summed E-state index contributed by atoms with van der Waals surface area (Å²) >= 11 is 11.8. The number of benzene rings is 2. The average Bonchev–Trinajstić information content (AvgIpc) is 2.89. The van der Waals surface area contributed by atoms with E-state index >= 15 is 0 Å². The summed E-state index contributed by atoms with van der Waals surface area (Å²) in [7, 11) is 0. The van der Waals surface area contributed by atoms with Gasteiger partial charge in [-0.3, -0.25) is 4.79 Å². The second kappa shape index (κ2) is 6.29. The van der Waals surface area contributed by atoms with Crippen LogP contribution in [-0.4, -0.2) is 11.0 Å². The van der Waals surface area contributed by atoms with E-state index in [1.165, 1.54) is 5.56 Å². The lowest BCUT2D eigenvalue weighted by atomic mass is 10.1. The van der Waals surface area contributed by atoms with Crippen LogP contribution < -0.4 is 5.32 Å². The molecule has 3 nitrogen and oxygen atoms in total. The van der Waals surface area contributed by atoms with E-state index in [0.717, 1.165) is 18.4 Å². The van der Waals surface area contributed by atoms with Crippen LogP contribution in [0.25, 0.3) is 0 Å². The van der Waals surface area contributed by atoms with Crippen LogP contribution in [0.15, 0.2) is 42.5 Å². The Labute approximate surface area is 138 Å². The van der Waals surface area contributed by atoms with Crippen LogP contribution in [0.2, 0.25) is 10.0 Å². The van der Waals surface area contributed by atoms with E-state index in [2.05, 4.69) is 5.32 Å². The summed E-state index contributed by atoms with van der Waals surface area (Å²) in [5.41, 5.74) is 2.74. The zero-order valence-electron chi connectivity index (χ0n) is 11.7. The Bertz CT molecular complexity index is 700. The Morgan fingerprint density at radius 1 is 1.14 bits per heavy atom. The van der Waals surface area contributed by atoms with Gasteiger partial charge in [0, 0.05) is 10.0 Å². The van der Waals surface area contributed by atoms with Crippen molar-refractivity contribution in [1.82, 2.24) is 5.32 Å². The van der Waals surface area contributed by atoms with Crippen LogP contribution in [0.3, 0.4) is 0 Å². The van der Waals surface area contributed by atoms with Gasteiger partial charge in [0.2, 0.25) is 0 Å². The molecule has 114 valence electrons. The van der Waals surface area contributed by atoms with Crippen molar-refractivity contribution in [2.75, 3.05) is 0 Å². The van der Waals surface area contributed by atoms with Crippen LogP contribution in [0.4, 0.5) is 0 Å². The zero-order chi connectivity index (χ0) is 15.7. The fraction of sp³-hybridized carbons (Fsp3) is 0.235. The molecule has 2 unspecified atom stereocenters. The van der Waals surface area contributed by atoms with Crippen LogP contribution >= 0.6 is 23.2 Å². The molecule has 0 saturated carbocycles. The molecule has 2 atom stereocenters. The summed E-state index contributed by atoms with van der Waals surface area (Å²) in [6.45, 7) is 0. The fourth-order valence-electron chi connectivity index (χ4n) is 2.77. The van der Waals surface area contributed by atoms with Crippen molar-refractivity contribution in [3.63, 3.8) is 0 Å². The van der Waals surface area contributed by atoms with Crippen LogP contribution in [0, 0.1) is 0 Å². The van der Waals surface area contributed by atoms with Crippen LogP contribution in [0.1, 0.15) is 35.3 Å². The molecule has 2 aromatic carbocycles. The van der Waals surface area contributed by atoms with E-state index in [0.29, 0.717) is 15.6 Å². The Kier molecular flexibility index (Phi) is 4.39. The molecule has 0 aliphatic heterocycles. The van der Waals surface area contributed by atoms with Crippen molar-refractivity contribution in [3.8, 4) is 0 Å². The average molecular weight is 336 g/mol. The van der Waals surface area contributed by atoms with Gasteiger partial charge in [0.1, 0.15) is 0 Å². The largest absolute Gasteiger partial charge is 0.378 e. The highest BCUT2D eigenvalue weighted by atomic mass is 35.5. The molecule has 0 heterocycles. The molecule has 0 aromatic heterocycles. The molecule has 1 amide bonds. The van der Waals surface area contributed by atoms with Gasteiger partial charge in [0.25, 0.3) is 5.91 Å². The van der Waals surface area contributed by atoms with Crippen molar-refractivity contribution in [2.45, 2.75) is 25.0 Å². The minimum absolute atomic E-state index is 0.108. The lowest BCUT2D eigenvalue weighted by molar-refractivity contribution is -0.130. The summed E-state index contributed by atoms with van der Waals surface area (Å²) in [5, 5.41) is 14.3. The van der Waals surface area contributed by atoms with Crippen molar-refractivity contribution >= 4 is 29.1 Å². The second-order valence-corrected chi connectivity index (χ2v) is 6.27. The lowest BCUT2D eigenvalue weighted by Crippen LogP contribution is -2.32. The van der Waals surface area contributed by atoms with Gasteiger partial charge >= 0.3 is 0 Å². The first-order valence-corrected chi connectivity index (χ1v) is 7.82. The maximum absolute atomic E-state index is 12.3. The molecule has 2 aromatic rings. The van der Waals surface area contributed by atoms with Gasteiger partial charge in [0.15, 0.2) is 6.10 Å². The molecule has 22 heavy (non-hydrogen) atoms. The maximum Gasteiger partial charge on any atom is 0.253 e. The van der Waals surface area contributed by atoms with E-state index < -0.39 is 12.0 Å². The van der Waals surface area contributed by atoms with E-state index in [4.69, 9.17) is 23.2 Å². The number of aliphatic hydroxyl groups excluding tert-OH is 1. The van der Waals surface area contributed by atoms with Crippen molar-refractivity contribution in [1.29, 1.82) is 0 Å². The van der Waals surface area contributed by atoms with Crippen molar-refractivity contribution < 1.29 is 9.90 Å². The minimum Gasteiger partial charge on any atom is -0.378 e. The third kappa shape index (κ3) is 3.12. The number of aliphatic hydroxyl groups is 1. The number of rotatable bonds is 3. The number of hydrogen-bond donors (Lipinski definition) is 2. The van der Waals surface area contributed by atoms with Gasteiger partial charge in [0.05, 0.1) is 6.04 Å². The normalized spacial score (nSPS) is 17.9. The van der Waals surface area contributed by atoms with Crippen LogP contribution in [0.5, 0.6) is 0 Å². The number of hydrogen-bond acceptors (Lipinski definition) is 2. The van der Waals surface area contributed by atoms with E-state index in [1.807, 2.05) is 18.2 Å². The van der Waals surface area contributed by atoms with Gasteiger partial charge < -0.3 is 10.4 Å². The summed E-state index contributed by atoms with van der Waals surface area (Å²) < 4.78 is 0. The van der Waals surface area contributed by atoms with Gasteiger partial charge in [-0.25, -0.2) is 0 Å². The quantitative estimate of drug-likeness (QED) is 0.895. The van der Waals surface area contributed by atoms with Gasteiger partial charge in [-0.2, -0.15) is 0 Å². The summed E-state index contributed by atoms with van der Waals surface area (Å²) in [6.07, 6.45) is 0.504. The standard InChI is InChI=1S/C17H15Cl2NO2/c18-12-5-2-11(3-6-12)16(21)17(22)20-15-8-4-10-1-7-13(19)9-14(10)15/h1-3,5-7,9,15-16,21H,4,8H2,(H,20,22). The SMILES string of the molecule is O=C(NC1CCc2ccc(Cl)cc21)C(O)c1ccc(Cl)cc1. The van der Waals surface area contributed by atoms with Crippen LogP contribution in [-0.2, 0) is 11.2 Å². The predicted molar refractivity (Wildman–Crippen MR) is 87.1 cm³/mol. The van der Waals surface area contributed by atoms with Crippen molar-refractivity contribution in [2.24, 2.45) is 0 Å². The van der Waals surface area contributed by atoms with Gasteiger partial charge in [-0.05, 0) is 53.8 Å². The Morgan fingerprint density at radius 2 is 1.82 bits per heavy atom. The number of carbonyl (C=O) groups excluding carboxylic acids is 1. The second-order valence-electron chi connectivity index (χ2n) is 5.40. The van der Waals surface area contributed by atoms with E-state index in [1.54, 1.807) is 24.3 Å². The highest BCUT2D eigenvalue weighted by Crippen LogP contribution is 2.33. The molecule has 0 saturated heterocycles. The zero-order valence-corrected chi connectivity index (χ0v) is 13.2. The molecule has 1 aliphatic carbocycles. The molecule has 0 spiro atoms. The third-order valence-corrected chi connectivity index (χ3v) is 4.42. The number of fused-ring (bicyclic) bond motifs is 1. The Balaban J connectivity index is 1.73. The maximum atomic E-state index is 12.3. The van der Waals surface area contributed by atoms with Gasteiger partial charge in [-0.15, -0.1) is 0 Å². The smallest absolute Gasteiger partial charge is 0.253 e. The number of amides is 1. The highest BCUT2D eigenvalue weighted by molar-refractivity contribution is 6.30. The molecule has 0 bridgehead atoms. The van der Waals surface area contributed by atoms with Crippen molar-refractivity contribution in [3.05, 3.63) is 69.2 Å². The van der Waals surface area contributed by atoms with E-state index in [9.17, 15) is 9.90 Å². The minimum atomic E-state index is -1.21. The van der Waals surface area contributed by atoms with E-state index in [-0.39, 0.29) is 6.04 Å². The molecular formula is C17H15Cl2NO2. The number of aryl methyl sites for hydroxylation is 1. The topological polar surface area (TPSA) is 49.3 Å². The molecule has 5 heteroatoms. The molecule has 1 aliphatic rings. The summed E-state index contributed by atoms with van der Waals surface area (Å²) in [5.74, 6) is -0.417. The number of nitrogens with one attached hydrogen (secondary N) is 1.